The lowest BCUT2D eigenvalue weighted by molar-refractivity contribution is -0.137. The number of nitrogens with zero attached hydrogens (tertiary/aromatic N) is 10. The number of hydrogen-bond donors (Lipinski definition) is 2. The Labute approximate surface area is 303 Å². The van der Waals surface area contributed by atoms with E-state index < -0.39 is 35.7 Å². The van der Waals surface area contributed by atoms with Crippen LogP contribution in [0.1, 0.15) is 34.4 Å². The Balaban J connectivity index is 1.27. The van der Waals surface area contributed by atoms with E-state index in [4.69, 9.17) is 16.6 Å². The molecule has 1 saturated heterocycles. The van der Waals surface area contributed by atoms with Crippen molar-refractivity contribution in [1.29, 1.82) is 0 Å². The highest BCUT2D eigenvalue weighted by molar-refractivity contribution is 6.33. The van der Waals surface area contributed by atoms with E-state index in [1.165, 1.54) is 11.2 Å². The SMILES string of the molecule is CCc1c(N2CCN(C(=O)c3ncnc(C)c3O)CC2)c(=O)n2nc(-c3ccc4ncn(C)c4c3)nc2n1CC(=O)Nc1ccc(C(F)(F)F)cc1Cl. The highest BCUT2D eigenvalue weighted by Gasteiger charge is 2.32. The number of carbonyl (C=O) groups is 2. The van der Waals surface area contributed by atoms with Crippen molar-refractivity contribution in [2.75, 3.05) is 36.4 Å². The molecule has 1 aliphatic heterocycles. The fourth-order valence-electron chi connectivity index (χ4n) is 6.35. The second kappa shape index (κ2) is 13.5. The van der Waals surface area contributed by atoms with Gasteiger partial charge in [0.1, 0.15) is 18.6 Å². The van der Waals surface area contributed by atoms with Gasteiger partial charge in [-0.2, -0.15) is 22.7 Å². The summed E-state index contributed by atoms with van der Waals surface area (Å²) in [6.45, 7) is 3.77. The van der Waals surface area contributed by atoms with Gasteiger partial charge in [0.15, 0.2) is 17.3 Å². The number of nitrogens with one attached hydrogen (secondary N) is 1. The Morgan fingerprint density at radius 3 is 2.49 bits per heavy atom. The molecule has 7 rings (SSSR count). The topological polar surface area (TPSA) is 169 Å². The first-order valence-electron chi connectivity index (χ1n) is 16.4. The van der Waals surface area contributed by atoms with E-state index in [-0.39, 0.29) is 77.7 Å². The summed E-state index contributed by atoms with van der Waals surface area (Å²) in [7, 11) is 1.84. The second-order valence-electron chi connectivity index (χ2n) is 12.4. The first-order chi connectivity index (χ1) is 25.2. The zero-order chi connectivity index (χ0) is 37.8. The Morgan fingerprint density at radius 2 is 1.79 bits per heavy atom. The van der Waals surface area contributed by atoms with Crippen molar-refractivity contribution in [1.82, 2.24) is 43.6 Å². The molecule has 0 atom stereocenters. The lowest BCUT2D eigenvalue weighted by Crippen LogP contribution is -2.51. The summed E-state index contributed by atoms with van der Waals surface area (Å²) in [5.74, 6) is -1.16. The van der Waals surface area contributed by atoms with Crippen LogP contribution < -0.4 is 15.8 Å². The van der Waals surface area contributed by atoms with Crippen molar-refractivity contribution in [3.63, 3.8) is 0 Å². The smallest absolute Gasteiger partial charge is 0.416 e. The molecule has 0 radical (unpaired) electrons. The average molecular weight is 750 g/mol. The minimum atomic E-state index is -4.62. The summed E-state index contributed by atoms with van der Waals surface area (Å²) in [5, 5.41) is 17.3. The summed E-state index contributed by atoms with van der Waals surface area (Å²) in [4.78, 5) is 61.4. The number of aryl methyl sites for hydroxylation is 2. The van der Waals surface area contributed by atoms with Crippen LogP contribution in [0.2, 0.25) is 5.02 Å². The fourth-order valence-corrected chi connectivity index (χ4v) is 6.58. The number of aromatic nitrogens is 8. The number of alkyl halides is 3. The molecule has 1 aliphatic rings. The van der Waals surface area contributed by atoms with Crippen molar-refractivity contribution in [3.8, 4) is 17.1 Å². The zero-order valence-corrected chi connectivity index (χ0v) is 29.3. The van der Waals surface area contributed by atoms with E-state index in [0.717, 1.165) is 33.7 Å². The predicted molar refractivity (Wildman–Crippen MR) is 188 cm³/mol. The summed E-state index contributed by atoms with van der Waals surface area (Å²) in [5.41, 5.74) is 1.48. The van der Waals surface area contributed by atoms with Crippen LogP contribution in [-0.4, -0.2) is 86.7 Å². The molecule has 4 aromatic heterocycles. The first kappa shape index (κ1) is 35.4. The molecule has 15 nitrogen and oxygen atoms in total. The number of carbonyl (C=O) groups excluding carboxylic acids is 2. The number of hydrogen-bond acceptors (Lipinski definition) is 10. The van der Waals surface area contributed by atoms with Gasteiger partial charge in [-0.1, -0.05) is 18.5 Å². The minimum absolute atomic E-state index is 0.0302. The van der Waals surface area contributed by atoms with E-state index in [1.807, 2.05) is 24.6 Å². The first-order valence-corrected chi connectivity index (χ1v) is 16.8. The Hall–Kier alpha value is -6.04. The molecule has 2 amide bonds. The van der Waals surface area contributed by atoms with Gasteiger partial charge in [0, 0.05) is 38.8 Å². The highest BCUT2D eigenvalue weighted by Crippen LogP contribution is 2.34. The standard InChI is InChI=1S/C34H31ClF3N11O4/c1-4-24-28(46-9-11-47(12-10-46)31(52)27-29(51)18(2)39-16-40-27)32(53)49-33(43-30(44-49)19-5-7-23-25(13-19)45(3)17-41-23)48(24)15-26(50)42-22-8-6-20(14-21(22)35)34(36,37)38/h5-8,13-14,16-17,51H,4,9-12,15H2,1-3H3,(H,42,50). The van der Waals surface area contributed by atoms with Crippen molar-refractivity contribution >= 4 is 51.6 Å². The van der Waals surface area contributed by atoms with Crippen LogP contribution in [0.3, 0.4) is 0 Å². The van der Waals surface area contributed by atoms with Gasteiger partial charge in [-0.15, -0.1) is 5.10 Å². The molecule has 0 bridgehead atoms. The lowest BCUT2D eigenvalue weighted by atomic mass is 10.2. The average Bonchev–Trinajstić information content (AvgIpc) is 3.75. The highest BCUT2D eigenvalue weighted by atomic mass is 35.5. The summed E-state index contributed by atoms with van der Waals surface area (Å²) >= 11 is 6.14. The maximum absolute atomic E-state index is 14.3. The number of imidazole rings is 1. The van der Waals surface area contributed by atoms with Crippen LogP contribution in [0, 0.1) is 6.92 Å². The van der Waals surface area contributed by atoms with Gasteiger partial charge in [0.25, 0.3) is 11.5 Å². The molecule has 6 aromatic rings. The molecule has 53 heavy (non-hydrogen) atoms. The van der Waals surface area contributed by atoms with Crippen LogP contribution in [0.5, 0.6) is 5.75 Å². The number of rotatable bonds is 7. The second-order valence-corrected chi connectivity index (χ2v) is 12.8. The lowest BCUT2D eigenvalue weighted by Gasteiger charge is -2.36. The molecule has 19 heteroatoms. The van der Waals surface area contributed by atoms with Crippen molar-refractivity contribution in [2.24, 2.45) is 7.05 Å². The molecule has 5 heterocycles. The largest absolute Gasteiger partial charge is 0.504 e. The molecular weight excluding hydrogens is 719 g/mol. The van der Waals surface area contributed by atoms with Crippen LogP contribution in [0.15, 0.2) is 53.8 Å². The molecular formula is C34H31ClF3N11O4. The molecule has 2 N–H and O–H groups in total. The Morgan fingerprint density at radius 1 is 1.04 bits per heavy atom. The maximum Gasteiger partial charge on any atom is 0.416 e. The van der Waals surface area contributed by atoms with Crippen molar-refractivity contribution in [2.45, 2.75) is 33.0 Å². The molecule has 0 unspecified atom stereocenters. The van der Waals surface area contributed by atoms with Crippen molar-refractivity contribution < 1.29 is 27.9 Å². The van der Waals surface area contributed by atoms with Crippen molar-refractivity contribution in [3.05, 3.63) is 87.1 Å². The quantitative estimate of drug-likeness (QED) is 0.243. The predicted octanol–water partition coefficient (Wildman–Crippen LogP) is 4.08. The Bertz CT molecular complexity index is 2490. The Kier molecular flexibility index (Phi) is 9.01. The third-order valence-corrected chi connectivity index (χ3v) is 9.42. The summed E-state index contributed by atoms with van der Waals surface area (Å²) < 4.78 is 44.2. The normalized spacial score (nSPS) is 13.6. The molecule has 0 aliphatic carbocycles. The van der Waals surface area contributed by atoms with Gasteiger partial charge in [-0.25, -0.2) is 15.0 Å². The number of anilines is 2. The minimum Gasteiger partial charge on any atom is -0.504 e. The number of fused-ring (bicyclic) bond motifs is 2. The van der Waals surface area contributed by atoms with Gasteiger partial charge < -0.3 is 29.4 Å². The molecule has 0 spiro atoms. The van der Waals surface area contributed by atoms with Crippen LogP contribution in [0.25, 0.3) is 28.2 Å². The van der Waals surface area contributed by atoms with Crippen LogP contribution in [0.4, 0.5) is 24.5 Å². The number of amides is 2. The summed E-state index contributed by atoms with van der Waals surface area (Å²) in [6, 6.07) is 8.02. The monoisotopic (exact) mass is 749 g/mol. The van der Waals surface area contributed by atoms with Crippen LogP contribution >= 0.6 is 11.6 Å². The van der Waals surface area contributed by atoms with Gasteiger partial charge in [0.2, 0.25) is 11.7 Å². The fraction of sp³-hybridized carbons (Fsp3) is 0.294. The van der Waals surface area contributed by atoms with E-state index in [0.29, 0.717) is 11.3 Å². The maximum atomic E-state index is 14.3. The van der Waals surface area contributed by atoms with E-state index >= 15 is 0 Å². The van der Waals surface area contributed by atoms with Gasteiger partial charge in [-0.05, 0) is 49.7 Å². The third-order valence-electron chi connectivity index (χ3n) is 9.11. The van der Waals surface area contributed by atoms with E-state index in [1.54, 1.807) is 34.9 Å². The van der Waals surface area contributed by atoms with Gasteiger partial charge >= 0.3 is 6.18 Å². The molecule has 2 aromatic carbocycles. The van der Waals surface area contributed by atoms with E-state index in [2.05, 4.69) is 25.4 Å². The molecule has 0 saturated carbocycles. The van der Waals surface area contributed by atoms with E-state index in [9.17, 15) is 32.7 Å². The number of aromatic hydroxyl groups is 1. The third kappa shape index (κ3) is 6.49. The summed E-state index contributed by atoms with van der Waals surface area (Å²) in [6.07, 6.45) is -1.48. The molecule has 274 valence electrons. The van der Waals surface area contributed by atoms with Crippen LogP contribution in [-0.2, 0) is 31.0 Å². The zero-order valence-electron chi connectivity index (χ0n) is 28.5. The van der Waals surface area contributed by atoms with Gasteiger partial charge in [0.05, 0.1) is 45.0 Å². The number of halogens is 4. The number of piperazine rings is 1. The number of benzene rings is 2. The molecule has 1 fully saturated rings. The van der Waals surface area contributed by atoms with Gasteiger partial charge in [-0.3, -0.25) is 14.4 Å².